The Hall–Kier alpha value is -0.830. The fourth-order valence-electron chi connectivity index (χ4n) is 2.65. The lowest BCUT2D eigenvalue weighted by molar-refractivity contribution is 0.0263. The van der Waals surface area contributed by atoms with Crippen LogP contribution in [0.5, 0.6) is 0 Å². The van der Waals surface area contributed by atoms with Crippen LogP contribution >= 0.6 is 24.0 Å². The number of nitrogens with zero attached hydrogens (tertiary/aromatic N) is 3. The summed E-state index contributed by atoms with van der Waals surface area (Å²) in [5, 5.41) is 7.43. The molecule has 0 amide bonds. The van der Waals surface area contributed by atoms with Crippen LogP contribution in [0.1, 0.15) is 51.0 Å². The second-order valence-electron chi connectivity index (χ2n) is 5.92. The number of guanidine groups is 1. The molecule has 23 heavy (non-hydrogen) atoms. The van der Waals surface area contributed by atoms with Crippen molar-refractivity contribution in [3.05, 3.63) is 17.5 Å². The number of piperidine rings is 1. The molecule has 132 valence electrons. The molecule has 2 heterocycles. The molecule has 0 spiro atoms. The fourth-order valence-corrected chi connectivity index (χ4v) is 2.65. The van der Waals surface area contributed by atoms with Crippen LogP contribution < -0.4 is 5.32 Å². The van der Waals surface area contributed by atoms with Crippen LogP contribution in [0.15, 0.2) is 15.6 Å². The first-order valence-corrected chi connectivity index (χ1v) is 8.16. The molecule has 1 aliphatic rings. The number of aromatic nitrogens is 1. The first kappa shape index (κ1) is 20.2. The van der Waals surface area contributed by atoms with E-state index in [4.69, 9.17) is 9.26 Å². The van der Waals surface area contributed by atoms with Crippen molar-refractivity contribution >= 4 is 29.9 Å². The second-order valence-corrected chi connectivity index (χ2v) is 5.92. The largest absolute Gasteiger partial charge is 0.378 e. The van der Waals surface area contributed by atoms with Crippen molar-refractivity contribution in [2.75, 3.05) is 26.7 Å². The summed E-state index contributed by atoms with van der Waals surface area (Å²) in [5.41, 5.74) is 0.990. The van der Waals surface area contributed by atoms with Gasteiger partial charge in [-0.3, -0.25) is 4.99 Å². The van der Waals surface area contributed by atoms with Gasteiger partial charge in [0.2, 0.25) is 0 Å². The Kier molecular flexibility index (Phi) is 8.90. The number of rotatable bonds is 5. The maximum atomic E-state index is 5.69. The molecule has 0 saturated carbocycles. The number of aliphatic imine (C=N–C) groups is 1. The standard InChI is InChI=1S/C16H28N4O2.HI/c1-5-21-13-6-8-20(9-7-13)16(17-4)18-11-14-10-15(12(2)3)19-22-14;/h10,12-13H,5-9,11H2,1-4H3,(H,17,18);1H. The van der Waals surface area contributed by atoms with Gasteiger partial charge in [0.05, 0.1) is 18.3 Å². The van der Waals surface area contributed by atoms with Gasteiger partial charge < -0.3 is 19.5 Å². The Labute approximate surface area is 156 Å². The van der Waals surface area contributed by atoms with E-state index in [0.29, 0.717) is 18.6 Å². The molecule has 1 fully saturated rings. The topological polar surface area (TPSA) is 62.9 Å². The van der Waals surface area contributed by atoms with Gasteiger partial charge in [0.15, 0.2) is 11.7 Å². The van der Waals surface area contributed by atoms with Crippen LogP contribution in [0.25, 0.3) is 0 Å². The summed E-state index contributed by atoms with van der Waals surface area (Å²) in [5.74, 6) is 2.14. The lowest BCUT2D eigenvalue weighted by Gasteiger charge is -2.33. The normalized spacial score (nSPS) is 16.6. The highest BCUT2D eigenvalue weighted by molar-refractivity contribution is 14.0. The van der Waals surface area contributed by atoms with E-state index in [1.807, 2.05) is 13.1 Å². The summed E-state index contributed by atoms with van der Waals surface area (Å²) in [4.78, 5) is 6.64. The van der Waals surface area contributed by atoms with E-state index < -0.39 is 0 Å². The molecule has 1 aromatic rings. The monoisotopic (exact) mass is 436 g/mol. The third kappa shape index (κ3) is 5.95. The van der Waals surface area contributed by atoms with Gasteiger partial charge in [0.1, 0.15) is 0 Å². The van der Waals surface area contributed by atoms with Crippen LogP contribution in [0.3, 0.4) is 0 Å². The minimum Gasteiger partial charge on any atom is -0.378 e. The SMILES string of the molecule is CCOC1CCN(C(=NC)NCc2cc(C(C)C)no2)CC1.I. The van der Waals surface area contributed by atoms with Gasteiger partial charge in [0.25, 0.3) is 0 Å². The van der Waals surface area contributed by atoms with Gasteiger partial charge >= 0.3 is 0 Å². The van der Waals surface area contributed by atoms with E-state index >= 15 is 0 Å². The summed E-state index contributed by atoms with van der Waals surface area (Å²) in [6.07, 6.45) is 2.49. The van der Waals surface area contributed by atoms with E-state index in [0.717, 1.165) is 50.0 Å². The van der Waals surface area contributed by atoms with Gasteiger partial charge in [-0.15, -0.1) is 24.0 Å². The number of hydrogen-bond donors (Lipinski definition) is 1. The summed E-state index contributed by atoms with van der Waals surface area (Å²) in [7, 11) is 1.82. The maximum Gasteiger partial charge on any atom is 0.194 e. The molecule has 1 aliphatic heterocycles. The van der Waals surface area contributed by atoms with E-state index in [1.165, 1.54) is 0 Å². The molecule has 7 heteroatoms. The predicted molar refractivity (Wildman–Crippen MR) is 102 cm³/mol. The van der Waals surface area contributed by atoms with Crippen molar-refractivity contribution < 1.29 is 9.26 Å². The first-order chi connectivity index (χ1) is 10.6. The summed E-state index contributed by atoms with van der Waals surface area (Å²) < 4.78 is 11.0. The van der Waals surface area contributed by atoms with Crippen molar-refractivity contribution in [2.24, 2.45) is 4.99 Å². The van der Waals surface area contributed by atoms with Crippen LogP contribution in [-0.4, -0.2) is 48.9 Å². The Morgan fingerprint density at radius 1 is 1.48 bits per heavy atom. The maximum absolute atomic E-state index is 5.69. The van der Waals surface area contributed by atoms with E-state index in [2.05, 4.69) is 41.1 Å². The molecular formula is C16H29IN4O2. The third-order valence-corrected chi connectivity index (χ3v) is 3.95. The Morgan fingerprint density at radius 3 is 2.70 bits per heavy atom. The van der Waals surface area contributed by atoms with Crippen LogP contribution in [0.4, 0.5) is 0 Å². The average molecular weight is 436 g/mol. The van der Waals surface area contributed by atoms with Crippen molar-refractivity contribution in [1.29, 1.82) is 0 Å². The van der Waals surface area contributed by atoms with Crippen LogP contribution in [0, 0.1) is 0 Å². The number of hydrogen-bond acceptors (Lipinski definition) is 4. The van der Waals surface area contributed by atoms with Gasteiger partial charge in [-0.25, -0.2) is 0 Å². The summed E-state index contributed by atoms with van der Waals surface area (Å²) in [6, 6.07) is 2.01. The van der Waals surface area contributed by atoms with Crippen molar-refractivity contribution in [3.8, 4) is 0 Å². The second kappa shape index (κ2) is 10.1. The zero-order valence-electron chi connectivity index (χ0n) is 14.5. The predicted octanol–water partition coefficient (Wildman–Crippen LogP) is 2.99. The van der Waals surface area contributed by atoms with Crippen molar-refractivity contribution in [3.63, 3.8) is 0 Å². The molecule has 6 nitrogen and oxygen atoms in total. The number of likely N-dealkylation sites (tertiary alicyclic amines) is 1. The highest BCUT2D eigenvalue weighted by Gasteiger charge is 2.21. The van der Waals surface area contributed by atoms with E-state index in [-0.39, 0.29) is 24.0 Å². The minimum absolute atomic E-state index is 0. The molecule has 0 atom stereocenters. The van der Waals surface area contributed by atoms with Gasteiger partial charge in [-0.05, 0) is 25.7 Å². The zero-order valence-corrected chi connectivity index (χ0v) is 16.9. The first-order valence-electron chi connectivity index (χ1n) is 8.16. The molecule has 0 aromatic carbocycles. The fraction of sp³-hybridized carbons (Fsp3) is 0.750. The van der Waals surface area contributed by atoms with Crippen LogP contribution in [-0.2, 0) is 11.3 Å². The Bertz CT molecular complexity index is 482. The Balaban J connectivity index is 0.00000264. The van der Waals surface area contributed by atoms with Gasteiger partial charge in [0, 0.05) is 32.8 Å². The molecule has 0 radical (unpaired) electrons. The highest BCUT2D eigenvalue weighted by Crippen LogP contribution is 2.15. The van der Waals surface area contributed by atoms with E-state index in [9.17, 15) is 0 Å². The zero-order chi connectivity index (χ0) is 15.9. The van der Waals surface area contributed by atoms with Crippen molar-refractivity contribution in [1.82, 2.24) is 15.4 Å². The van der Waals surface area contributed by atoms with Crippen LogP contribution in [0.2, 0.25) is 0 Å². The van der Waals surface area contributed by atoms with E-state index in [1.54, 1.807) is 0 Å². The molecule has 0 aliphatic carbocycles. The molecule has 0 unspecified atom stereocenters. The molecule has 1 saturated heterocycles. The quantitative estimate of drug-likeness (QED) is 0.437. The average Bonchev–Trinajstić information content (AvgIpc) is 2.99. The highest BCUT2D eigenvalue weighted by atomic mass is 127. The number of halogens is 1. The molecule has 1 aromatic heterocycles. The lowest BCUT2D eigenvalue weighted by atomic mass is 10.1. The number of ether oxygens (including phenoxy) is 1. The van der Waals surface area contributed by atoms with Gasteiger partial charge in [-0.2, -0.15) is 0 Å². The summed E-state index contributed by atoms with van der Waals surface area (Å²) in [6.45, 7) is 9.61. The van der Waals surface area contributed by atoms with Gasteiger partial charge in [-0.1, -0.05) is 19.0 Å². The minimum atomic E-state index is 0. The smallest absolute Gasteiger partial charge is 0.194 e. The molecular weight excluding hydrogens is 407 g/mol. The Morgan fingerprint density at radius 2 is 2.17 bits per heavy atom. The molecule has 2 rings (SSSR count). The molecule has 1 N–H and O–H groups in total. The summed E-state index contributed by atoms with van der Waals surface area (Å²) >= 11 is 0. The lowest BCUT2D eigenvalue weighted by Crippen LogP contribution is -2.46. The third-order valence-electron chi connectivity index (χ3n) is 3.95. The van der Waals surface area contributed by atoms with Crippen molar-refractivity contribution in [2.45, 2.75) is 52.2 Å². The molecule has 0 bridgehead atoms. The number of nitrogens with one attached hydrogen (secondary N) is 1.